The second kappa shape index (κ2) is 7.85. The molecule has 0 aliphatic carbocycles. The Morgan fingerprint density at radius 1 is 1.18 bits per heavy atom. The maximum atomic E-state index is 3.56. The molecule has 0 aliphatic rings. The number of nitrogens with one attached hydrogen (secondary N) is 1. The molecule has 0 fully saturated rings. The molecule has 1 N–H and O–H groups in total. The van der Waals surface area contributed by atoms with Gasteiger partial charge in [0.05, 0.1) is 0 Å². The molecule has 3 heteroatoms. The van der Waals surface area contributed by atoms with Crippen molar-refractivity contribution in [1.29, 1.82) is 0 Å². The Kier molecular flexibility index (Phi) is 6.78. The van der Waals surface area contributed by atoms with Crippen LogP contribution >= 0.6 is 15.9 Å². The fourth-order valence-electron chi connectivity index (χ4n) is 1.85. The number of hydrogen-bond donors (Lipinski definition) is 1. The molecule has 0 radical (unpaired) electrons. The van der Waals surface area contributed by atoms with Crippen LogP contribution < -0.4 is 5.32 Å². The van der Waals surface area contributed by atoms with E-state index in [9.17, 15) is 0 Å². The average molecular weight is 299 g/mol. The number of likely N-dealkylation sites (N-methyl/N-ethyl adjacent to an activating group) is 1. The molecule has 0 heterocycles. The summed E-state index contributed by atoms with van der Waals surface area (Å²) in [5, 5.41) is 3.56. The van der Waals surface area contributed by atoms with Gasteiger partial charge >= 0.3 is 0 Å². The van der Waals surface area contributed by atoms with Crippen LogP contribution in [-0.2, 0) is 0 Å². The highest BCUT2D eigenvalue weighted by Crippen LogP contribution is 2.16. The Bertz CT molecular complexity index is 307. The smallest absolute Gasteiger partial charge is 0.0292 e. The van der Waals surface area contributed by atoms with Gasteiger partial charge in [-0.05, 0) is 37.7 Å². The number of benzene rings is 1. The molecular weight excluding hydrogens is 276 g/mol. The highest BCUT2D eigenvalue weighted by molar-refractivity contribution is 9.10. The van der Waals surface area contributed by atoms with Crippen molar-refractivity contribution in [2.24, 2.45) is 0 Å². The molecule has 0 aromatic heterocycles. The lowest BCUT2D eigenvalue weighted by Crippen LogP contribution is -2.33. The van der Waals surface area contributed by atoms with Crippen LogP contribution in [0.15, 0.2) is 28.7 Å². The van der Waals surface area contributed by atoms with Crippen molar-refractivity contribution in [3.8, 4) is 0 Å². The van der Waals surface area contributed by atoms with E-state index in [1.54, 1.807) is 0 Å². The molecule has 0 aliphatic heterocycles. The molecule has 1 aromatic rings. The van der Waals surface area contributed by atoms with Crippen LogP contribution in [-0.4, -0.2) is 31.1 Å². The van der Waals surface area contributed by atoms with Crippen LogP contribution in [0.5, 0.6) is 0 Å². The monoisotopic (exact) mass is 298 g/mol. The minimum Gasteiger partial charge on any atom is -0.309 e. The quantitative estimate of drug-likeness (QED) is 0.829. The van der Waals surface area contributed by atoms with E-state index in [-0.39, 0.29) is 0 Å². The molecular formula is C14H23BrN2. The highest BCUT2D eigenvalue weighted by atomic mass is 79.9. The van der Waals surface area contributed by atoms with Crippen LogP contribution in [0.25, 0.3) is 0 Å². The van der Waals surface area contributed by atoms with Gasteiger partial charge in [0.15, 0.2) is 0 Å². The summed E-state index contributed by atoms with van der Waals surface area (Å²) in [5.74, 6) is 0. The summed E-state index contributed by atoms with van der Waals surface area (Å²) in [5.41, 5.74) is 1.34. The fourth-order valence-corrected chi connectivity index (χ4v) is 2.11. The number of halogens is 1. The summed E-state index contributed by atoms with van der Waals surface area (Å²) in [4.78, 5) is 2.43. The van der Waals surface area contributed by atoms with E-state index in [2.05, 4.69) is 71.2 Å². The van der Waals surface area contributed by atoms with Crippen molar-refractivity contribution >= 4 is 15.9 Å². The molecule has 2 nitrogen and oxygen atoms in total. The van der Waals surface area contributed by atoms with Crippen molar-refractivity contribution < 1.29 is 0 Å². The first-order valence-corrected chi connectivity index (χ1v) is 7.17. The summed E-state index contributed by atoms with van der Waals surface area (Å²) in [6.07, 6.45) is 0. The molecule has 0 saturated carbocycles. The van der Waals surface area contributed by atoms with E-state index in [1.807, 2.05) is 0 Å². The molecule has 0 spiro atoms. The predicted octanol–water partition coefficient (Wildman–Crippen LogP) is 3.44. The summed E-state index contributed by atoms with van der Waals surface area (Å²) in [7, 11) is 0. The Morgan fingerprint density at radius 3 is 2.29 bits per heavy atom. The van der Waals surface area contributed by atoms with Gasteiger partial charge in [-0.25, -0.2) is 0 Å². The Morgan fingerprint density at radius 2 is 1.76 bits per heavy atom. The maximum absolute atomic E-state index is 3.56. The van der Waals surface area contributed by atoms with Gasteiger partial charge in [-0.1, -0.05) is 41.9 Å². The largest absolute Gasteiger partial charge is 0.309 e. The predicted molar refractivity (Wildman–Crippen MR) is 78.3 cm³/mol. The Hall–Kier alpha value is -0.380. The number of hydrogen-bond acceptors (Lipinski definition) is 2. The van der Waals surface area contributed by atoms with Crippen LogP contribution in [0.1, 0.15) is 32.4 Å². The van der Waals surface area contributed by atoms with E-state index in [1.165, 1.54) is 5.56 Å². The standard InChI is InChI=1S/C14H23BrN2/c1-4-17(5-2)11-10-16-12(3)13-6-8-14(15)9-7-13/h6-9,12,16H,4-5,10-11H2,1-3H3/t12-/m0/s1. The lowest BCUT2D eigenvalue weighted by molar-refractivity contribution is 0.298. The van der Waals surface area contributed by atoms with Gasteiger partial charge in [0.1, 0.15) is 0 Å². The summed E-state index contributed by atoms with van der Waals surface area (Å²) in [6.45, 7) is 11.1. The first-order chi connectivity index (χ1) is 8.17. The normalized spacial score (nSPS) is 13.0. The zero-order valence-corrected chi connectivity index (χ0v) is 12.6. The lowest BCUT2D eigenvalue weighted by atomic mass is 10.1. The van der Waals surface area contributed by atoms with Gasteiger partial charge in [0.2, 0.25) is 0 Å². The van der Waals surface area contributed by atoms with E-state index in [4.69, 9.17) is 0 Å². The van der Waals surface area contributed by atoms with Crippen molar-refractivity contribution in [3.63, 3.8) is 0 Å². The second-order valence-corrected chi connectivity index (χ2v) is 5.17. The van der Waals surface area contributed by atoms with Crippen LogP contribution in [0.3, 0.4) is 0 Å². The molecule has 17 heavy (non-hydrogen) atoms. The first kappa shape index (κ1) is 14.7. The molecule has 0 amide bonds. The fraction of sp³-hybridized carbons (Fsp3) is 0.571. The van der Waals surface area contributed by atoms with Gasteiger partial charge in [0, 0.05) is 23.6 Å². The van der Waals surface area contributed by atoms with Crippen LogP contribution in [0.4, 0.5) is 0 Å². The minimum atomic E-state index is 0.415. The third kappa shape index (κ3) is 5.19. The van der Waals surface area contributed by atoms with E-state index in [0.29, 0.717) is 6.04 Å². The van der Waals surface area contributed by atoms with Crippen molar-refractivity contribution in [1.82, 2.24) is 10.2 Å². The zero-order valence-electron chi connectivity index (χ0n) is 11.0. The number of rotatable bonds is 7. The molecule has 1 atom stereocenters. The van der Waals surface area contributed by atoms with Gasteiger partial charge in [-0.15, -0.1) is 0 Å². The van der Waals surface area contributed by atoms with Gasteiger partial charge in [0.25, 0.3) is 0 Å². The molecule has 96 valence electrons. The Labute approximate surface area is 114 Å². The van der Waals surface area contributed by atoms with E-state index in [0.717, 1.165) is 30.7 Å². The molecule has 1 rings (SSSR count). The topological polar surface area (TPSA) is 15.3 Å². The van der Waals surface area contributed by atoms with Crippen molar-refractivity contribution in [3.05, 3.63) is 34.3 Å². The van der Waals surface area contributed by atoms with Gasteiger partial charge in [-0.3, -0.25) is 0 Å². The number of nitrogens with zero attached hydrogens (tertiary/aromatic N) is 1. The summed E-state index contributed by atoms with van der Waals surface area (Å²) >= 11 is 3.46. The van der Waals surface area contributed by atoms with Crippen LogP contribution in [0, 0.1) is 0 Å². The van der Waals surface area contributed by atoms with E-state index < -0.39 is 0 Å². The average Bonchev–Trinajstić information content (AvgIpc) is 2.35. The first-order valence-electron chi connectivity index (χ1n) is 6.38. The van der Waals surface area contributed by atoms with Gasteiger partial charge < -0.3 is 10.2 Å². The molecule has 0 bridgehead atoms. The third-order valence-corrected chi connectivity index (χ3v) is 3.67. The summed E-state index contributed by atoms with van der Waals surface area (Å²) < 4.78 is 1.14. The third-order valence-electron chi connectivity index (χ3n) is 3.14. The van der Waals surface area contributed by atoms with Gasteiger partial charge in [-0.2, -0.15) is 0 Å². The maximum Gasteiger partial charge on any atom is 0.0292 e. The van der Waals surface area contributed by atoms with Crippen molar-refractivity contribution in [2.75, 3.05) is 26.2 Å². The Balaban J connectivity index is 2.34. The molecule has 0 unspecified atom stereocenters. The van der Waals surface area contributed by atoms with Crippen LogP contribution in [0.2, 0.25) is 0 Å². The van der Waals surface area contributed by atoms with E-state index >= 15 is 0 Å². The highest BCUT2D eigenvalue weighted by Gasteiger charge is 2.05. The molecule has 0 saturated heterocycles. The lowest BCUT2D eigenvalue weighted by Gasteiger charge is -2.20. The minimum absolute atomic E-state index is 0.415. The SMILES string of the molecule is CCN(CC)CCN[C@@H](C)c1ccc(Br)cc1. The van der Waals surface area contributed by atoms with Crippen molar-refractivity contribution in [2.45, 2.75) is 26.8 Å². The summed E-state index contributed by atoms with van der Waals surface area (Å²) in [6, 6.07) is 8.94. The molecule has 1 aromatic carbocycles. The second-order valence-electron chi connectivity index (χ2n) is 4.25. The zero-order chi connectivity index (χ0) is 12.7.